The van der Waals surface area contributed by atoms with Crippen molar-refractivity contribution in [2.45, 2.75) is 38.4 Å². The molecular weight excluding hydrogens is 476 g/mol. The van der Waals surface area contributed by atoms with E-state index in [-0.39, 0.29) is 18.0 Å². The van der Waals surface area contributed by atoms with E-state index in [2.05, 4.69) is 19.3 Å². The molecule has 0 saturated carbocycles. The summed E-state index contributed by atoms with van der Waals surface area (Å²) in [5.74, 6) is 1.13. The van der Waals surface area contributed by atoms with E-state index in [9.17, 15) is 4.79 Å². The van der Waals surface area contributed by atoms with Gasteiger partial charge in [0.05, 0.1) is 18.5 Å². The van der Waals surface area contributed by atoms with Crippen LogP contribution < -0.4 is 4.74 Å². The van der Waals surface area contributed by atoms with Crippen molar-refractivity contribution >= 4 is 23.3 Å². The van der Waals surface area contributed by atoms with Gasteiger partial charge in [-0.2, -0.15) is 0 Å². The number of carbonyl (C=O) groups excluding carboxylic acids is 1. The van der Waals surface area contributed by atoms with Crippen LogP contribution in [0.2, 0.25) is 5.02 Å². The lowest BCUT2D eigenvalue weighted by Crippen LogP contribution is -2.63. The summed E-state index contributed by atoms with van der Waals surface area (Å²) in [7, 11) is 1.57. The number of halogens is 1. The summed E-state index contributed by atoms with van der Waals surface area (Å²) in [4.78, 5) is 31.8. The van der Waals surface area contributed by atoms with Crippen LogP contribution in [0.5, 0.6) is 5.88 Å². The number of imidazole rings is 1. The third-order valence-electron chi connectivity index (χ3n) is 7.36. The fourth-order valence-electron chi connectivity index (χ4n) is 5.45. The van der Waals surface area contributed by atoms with E-state index in [0.717, 1.165) is 48.4 Å². The summed E-state index contributed by atoms with van der Waals surface area (Å²) >= 11 is 6.14. The van der Waals surface area contributed by atoms with Crippen molar-refractivity contribution in [3.05, 3.63) is 76.8 Å². The number of piperidine rings is 2. The number of fused-ring (bicyclic) bond motifs is 4. The van der Waals surface area contributed by atoms with Crippen LogP contribution in [0.25, 0.3) is 17.0 Å². The highest BCUT2D eigenvalue weighted by Gasteiger charge is 2.42. The number of carbonyl (C=O) groups is 1. The summed E-state index contributed by atoms with van der Waals surface area (Å²) < 4.78 is 7.33. The Balaban J connectivity index is 1.28. The largest absolute Gasteiger partial charge is 0.481 e. The SMILES string of the molecule is COc1ccc(C)c(C(=O)N2CC3CCC2CN3Cc2c(-c3ccc(Cl)cc3)nc3ncccn23)n1. The summed E-state index contributed by atoms with van der Waals surface area (Å²) in [6, 6.07) is 13.8. The van der Waals surface area contributed by atoms with E-state index in [1.54, 1.807) is 19.4 Å². The molecule has 4 aromatic rings. The number of hydrogen-bond donors (Lipinski definition) is 0. The number of aromatic nitrogens is 4. The number of ether oxygens (including phenoxy) is 1. The Morgan fingerprint density at radius 2 is 1.89 bits per heavy atom. The van der Waals surface area contributed by atoms with Crippen LogP contribution >= 0.6 is 11.6 Å². The first-order chi connectivity index (χ1) is 17.5. The molecule has 1 amide bonds. The van der Waals surface area contributed by atoms with Crippen molar-refractivity contribution in [1.82, 2.24) is 29.2 Å². The Kier molecular flexibility index (Phi) is 5.85. The highest BCUT2D eigenvalue weighted by atomic mass is 35.5. The maximum Gasteiger partial charge on any atom is 0.273 e. The maximum atomic E-state index is 13.5. The number of benzene rings is 1. The smallest absolute Gasteiger partial charge is 0.273 e. The number of aryl methyl sites for hydroxylation is 1. The molecule has 8 nitrogen and oxygen atoms in total. The van der Waals surface area contributed by atoms with Crippen LogP contribution in [-0.4, -0.2) is 67.3 Å². The molecule has 2 bridgehead atoms. The Morgan fingerprint density at radius 1 is 1.08 bits per heavy atom. The van der Waals surface area contributed by atoms with Gasteiger partial charge in [0, 0.05) is 60.8 Å². The lowest BCUT2D eigenvalue weighted by atomic mass is 9.90. The number of hydrogen-bond acceptors (Lipinski definition) is 6. The fourth-order valence-corrected chi connectivity index (χ4v) is 5.58. The van der Waals surface area contributed by atoms with Crippen LogP contribution in [0.1, 0.15) is 34.6 Å². The molecule has 0 spiro atoms. The second-order valence-corrected chi connectivity index (χ2v) is 9.93. The van der Waals surface area contributed by atoms with E-state index < -0.39 is 0 Å². The van der Waals surface area contributed by atoms with Gasteiger partial charge in [0.25, 0.3) is 5.91 Å². The number of rotatable bonds is 5. The molecule has 3 saturated heterocycles. The molecule has 3 aromatic heterocycles. The van der Waals surface area contributed by atoms with Gasteiger partial charge in [0.2, 0.25) is 11.7 Å². The predicted molar refractivity (Wildman–Crippen MR) is 137 cm³/mol. The average Bonchev–Trinajstić information content (AvgIpc) is 3.27. The Hall–Kier alpha value is -3.49. The molecule has 2 unspecified atom stereocenters. The monoisotopic (exact) mass is 502 g/mol. The topological polar surface area (TPSA) is 75.9 Å². The minimum Gasteiger partial charge on any atom is -0.481 e. The molecule has 9 heteroatoms. The first kappa shape index (κ1) is 22.9. The molecule has 3 aliphatic heterocycles. The van der Waals surface area contributed by atoms with Crippen molar-refractivity contribution in [1.29, 1.82) is 0 Å². The quantitative estimate of drug-likeness (QED) is 0.406. The Bertz CT molecular complexity index is 1440. The Morgan fingerprint density at radius 3 is 2.64 bits per heavy atom. The molecule has 36 heavy (non-hydrogen) atoms. The molecule has 3 fully saturated rings. The van der Waals surface area contributed by atoms with E-state index in [0.29, 0.717) is 28.9 Å². The maximum absolute atomic E-state index is 13.5. The van der Waals surface area contributed by atoms with Crippen LogP contribution in [-0.2, 0) is 6.54 Å². The van der Waals surface area contributed by atoms with Gasteiger partial charge in [-0.3, -0.25) is 14.1 Å². The van der Waals surface area contributed by atoms with Gasteiger partial charge in [0.1, 0.15) is 5.69 Å². The van der Waals surface area contributed by atoms with Gasteiger partial charge in [-0.05, 0) is 43.5 Å². The van der Waals surface area contributed by atoms with E-state index in [1.165, 1.54) is 0 Å². The molecular formula is C27H27ClN6O2. The van der Waals surface area contributed by atoms with Crippen LogP contribution in [0.4, 0.5) is 0 Å². The number of piperazine rings is 1. The number of amides is 1. The zero-order valence-corrected chi connectivity index (χ0v) is 21.0. The second kappa shape index (κ2) is 9.19. The van der Waals surface area contributed by atoms with Gasteiger partial charge in [0.15, 0.2) is 0 Å². The minimum atomic E-state index is -0.0124. The van der Waals surface area contributed by atoms with Gasteiger partial charge in [-0.1, -0.05) is 29.8 Å². The van der Waals surface area contributed by atoms with Crippen LogP contribution in [0, 0.1) is 6.92 Å². The molecule has 0 N–H and O–H groups in total. The lowest BCUT2D eigenvalue weighted by Gasteiger charge is -2.51. The zero-order valence-electron chi connectivity index (χ0n) is 20.3. The summed E-state index contributed by atoms with van der Waals surface area (Å²) in [5, 5.41) is 0.695. The molecule has 1 aromatic carbocycles. The van der Waals surface area contributed by atoms with E-state index in [4.69, 9.17) is 21.3 Å². The van der Waals surface area contributed by atoms with E-state index >= 15 is 0 Å². The zero-order chi connectivity index (χ0) is 24.8. The molecule has 3 aliphatic rings. The standard InChI is InChI=1S/C27H27ClN6O2/c1-17-4-11-23(36-2)30-24(17)26(35)34-15-20-9-10-21(34)14-32(20)16-22-25(18-5-7-19(28)8-6-18)31-27-29-12-3-13-33(22)27/h3-8,11-13,20-21H,9-10,14-16H2,1-2H3. The molecule has 184 valence electrons. The average molecular weight is 503 g/mol. The van der Waals surface area contributed by atoms with Crippen molar-refractivity contribution in [3.63, 3.8) is 0 Å². The van der Waals surface area contributed by atoms with Gasteiger partial charge >= 0.3 is 0 Å². The number of pyridine rings is 1. The van der Waals surface area contributed by atoms with Crippen LogP contribution in [0.15, 0.2) is 54.9 Å². The number of methoxy groups -OCH3 is 1. The third kappa shape index (κ3) is 4.00. The molecule has 0 aliphatic carbocycles. The summed E-state index contributed by atoms with van der Waals surface area (Å²) in [5.41, 5.74) is 4.36. The van der Waals surface area contributed by atoms with Crippen molar-refractivity contribution in [2.24, 2.45) is 0 Å². The Labute approximate surface area is 214 Å². The predicted octanol–water partition coefficient (Wildman–Crippen LogP) is 4.25. The molecule has 0 radical (unpaired) electrons. The van der Waals surface area contributed by atoms with Gasteiger partial charge < -0.3 is 9.64 Å². The first-order valence-electron chi connectivity index (χ1n) is 12.2. The highest BCUT2D eigenvalue weighted by molar-refractivity contribution is 6.30. The summed E-state index contributed by atoms with van der Waals surface area (Å²) in [6.07, 6.45) is 5.83. The number of nitrogens with zero attached hydrogens (tertiary/aromatic N) is 6. The van der Waals surface area contributed by atoms with Crippen molar-refractivity contribution in [3.8, 4) is 17.1 Å². The highest BCUT2D eigenvalue weighted by Crippen LogP contribution is 2.34. The third-order valence-corrected chi connectivity index (χ3v) is 7.61. The molecule has 6 heterocycles. The fraction of sp³-hybridized carbons (Fsp3) is 0.333. The van der Waals surface area contributed by atoms with Crippen molar-refractivity contribution in [2.75, 3.05) is 20.2 Å². The first-order valence-corrected chi connectivity index (χ1v) is 12.5. The van der Waals surface area contributed by atoms with E-state index in [1.807, 2.05) is 54.4 Å². The summed E-state index contributed by atoms with van der Waals surface area (Å²) in [6.45, 7) is 4.15. The van der Waals surface area contributed by atoms with Crippen molar-refractivity contribution < 1.29 is 9.53 Å². The van der Waals surface area contributed by atoms with Crippen LogP contribution in [0.3, 0.4) is 0 Å². The molecule has 7 rings (SSSR count). The van der Waals surface area contributed by atoms with Gasteiger partial charge in [-0.25, -0.2) is 15.0 Å². The second-order valence-electron chi connectivity index (χ2n) is 9.49. The molecule has 2 atom stereocenters. The lowest BCUT2D eigenvalue weighted by molar-refractivity contribution is -0.0163. The minimum absolute atomic E-state index is 0.0124. The van der Waals surface area contributed by atoms with Gasteiger partial charge in [-0.15, -0.1) is 0 Å². The normalized spacial score (nSPS) is 19.7.